The van der Waals surface area contributed by atoms with Crippen LogP contribution in [0.4, 0.5) is 0 Å². The Labute approximate surface area is 113 Å². The molecule has 0 N–H and O–H groups in total. The van der Waals surface area contributed by atoms with Gasteiger partial charge in [-0.25, -0.2) is 4.98 Å². The molecule has 1 aliphatic carbocycles. The lowest BCUT2D eigenvalue weighted by Crippen LogP contribution is -1.93. The number of rotatable bonds is 2. The largest absolute Gasteiger partial charge is 0.481 e. The second kappa shape index (κ2) is 5.00. The van der Waals surface area contributed by atoms with Crippen LogP contribution >= 0.6 is 0 Å². The molecule has 98 valence electrons. The third-order valence-electron chi connectivity index (χ3n) is 3.83. The zero-order chi connectivity index (χ0) is 13.2. The Morgan fingerprint density at radius 1 is 1.21 bits per heavy atom. The van der Waals surface area contributed by atoms with Crippen LogP contribution in [0.1, 0.15) is 36.8 Å². The minimum absolute atomic E-state index is 0.612. The average Bonchev–Trinajstić information content (AvgIpc) is 2.94. The van der Waals surface area contributed by atoms with Crippen molar-refractivity contribution < 1.29 is 4.74 Å². The highest BCUT2D eigenvalue weighted by molar-refractivity contribution is 5.82. The standard InChI is InChI=1S/C16H18N2O/c1-11-13(9-12-5-3-4-6-12)10-17-16-14(11)7-8-15(18-16)19-2/h7-10H,3-6H2,1-2H3. The highest BCUT2D eigenvalue weighted by Gasteiger charge is 2.09. The molecule has 3 rings (SSSR count). The Balaban J connectivity index is 2.07. The number of methoxy groups -OCH3 is 1. The van der Waals surface area contributed by atoms with E-state index in [1.807, 2.05) is 18.3 Å². The van der Waals surface area contributed by atoms with E-state index >= 15 is 0 Å². The molecule has 0 atom stereocenters. The van der Waals surface area contributed by atoms with Crippen LogP contribution in [0, 0.1) is 6.92 Å². The van der Waals surface area contributed by atoms with Gasteiger partial charge in [0.15, 0.2) is 5.65 Å². The zero-order valence-corrected chi connectivity index (χ0v) is 11.4. The lowest BCUT2D eigenvalue weighted by atomic mass is 10.0. The first-order valence-electron chi connectivity index (χ1n) is 6.78. The summed E-state index contributed by atoms with van der Waals surface area (Å²) in [6, 6.07) is 3.93. The summed E-state index contributed by atoms with van der Waals surface area (Å²) >= 11 is 0. The minimum Gasteiger partial charge on any atom is -0.481 e. The van der Waals surface area contributed by atoms with Gasteiger partial charge in [0.2, 0.25) is 5.88 Å². The summed E-state index contributed by atoms with van der Waals surface area (Å²) < 4.78 is 5.14. The van der Waals surface area contributed by atoms with E-state index in [9.17, 15) is 0 Å². The van der Waals surface area contributed by atoms with Gasteiger partial charge in [-0.3, -0.25) is 0 Å². The minimum atomic E-state index is 0.612. The van der Waals surface area contributed by atoms with Crippen molar-refractivity contribution in [3.8, 4) is 5.88 Å². The summed E-state index contributed by atoms with van der Waals surface area (Å²) in [7, 11) is 1.62. The normalized spacial score (nSPS) is 14.9. The maximum atomic E-state index is 5.14. The van der Waals surface area contributed by atoms with Crippen LogP contribution in [0.2, 0.25) is 0 Å². The summed E-state index contributed by atoms with van der Waals surface area (Å²) in [5, 5.41) is 1.10. The molecule has 1 saturated carbocycles. The van der Waals surface area contributed by atoms with Gasteiger partial charge in [0.1, 0.15) is 0 Å². The van der Waals surface area contributed by atoms with Gasteiger partial charge in [0.25, 0.3) is 0 Å². The third-order valence-corrected chi connectivity index (χ3v) is 3.83. The fourth-order valence-electron chi connectivity index (χ4n) is 2.66. The molecular weight excluding hydrogens is 236 g/mol. The molecule has 2 heterocycles. The van der Waals surface area contributed by atoms with Crippen LogP contribution < -0.4 is 4.74 Å². The van der Waals surface area contributed by atoms with Crippen molar-refractivity contribution in [2.75, 3.05) is 7.11 Å². The second-order valence-corrected chi connectivity index (χ2v) is 5.07. The molecule has 0 aliphatic heterocycles. The lowest BCUT2D eigenvalue weighted by Gasteiger charge is -2.07. The van der Waals surface area contributed by atoms with E-state index in [2.05, 4.69) is 23.0 Å². The van der Waals surface area contributed by atoms with Gasteiger partial charge >= 0.3 is 0 Å². The van der Waals surface area contributed by atoms with Crippen LogP contribution in [0.3, 0.4) is 0 Å². The van der Waals surface area contributed by atoms with Crippen LogP contribution in [0.25, 0.3) is 17.1 Å². The highest BCUT2D eigenvalue weighted by Crippen LogP contribution is 2.28. The summed E-state index contributed by atoms with van der Waals surface area (Å²) in [5.41, 5.74) is 4.77. The molecule has 0 bridgehead atoms. The van der Waals surface area contributed by atoms with Crippen LogP contribution in [0.5, 0.6) is 5.88 Å². The molecule has 0 aromatic carbocycles. The Hall–Kier alpha value is -1.90. The maximum absolute atomic E-state index is 5.14. The van der Waals surface area contributed by atoms with Crippen molar-refractivity contribution in [1.29, 1.82) is 0 Å². The summed E-state index contributed by atoms with van der Waals surface area (Å²) in [6.45, 7) is 2.14. The number of allylic oxidation sites excluding steroid dienone is 1. The van der Waals surface area contributed by atoms with Crippen molar-refractivity contribution in [3.63, 3.8) is 0 Å². The van der Waals surface area contributed by atoms with Gasteiger partial charge in [-0.2, -0.15) is 4.98 Å². The van der Waals surface area contributed by atoms with Crippen molar-refractivity contribution >= 4 is 17.1 Å². The van der Waals surface area contributed by atoms with E-state index in [1.54, 1.807) is 12.7 Å². The van der Waals surface area contributed by atoms with Gasteiger partial charge in [-0.15, -0.1) is 0 Å². The van der Waals surface area contributed by atoms with Gasteiger partial charge < -0.3 is 4.74 Å². The summed E-state index contributed by atoms with van der Waals surface area (Å²) in [5.74, 6) is 0.612. The second-order valence-electron chi connectivity index (χ2n) is 5.07. The molecule has 19 heavy (non-hydrogen) atoms. The van der Waals surface area contributed by atoms with E-state index in [0.717, 1.165) is 11.0 Å². The highest BCUT2D eigenvalue weighted by atomic mass is 16.5. The van der Waals surface area contributed by atoms with Crippen LogP contribution in [-0.4, -0.2) is 17.1 Å². The number of aryl methyl sites for hydroxylation is 1. The maximum Gasteiger partial charge on any atom is 0.215 e. The van der Waals surface area contributed by atoms with Gasteiger partial charge in [-0.1, -0.05) is 11.6 Å². The van der Waals surface area contributed by atoms with Crippen LogP contribution in [-0.2, 0) is 0 Å². The predicted octanol–water partition coefficient (Wildman–Crippen LogP) is 3.90. The SMILES string of the molecule is COc1ccc2c(C)c(C=C3CCCC3)cnc2n1. The number of nitrogens with zero attached hydrogens (tertiary/aromatic N) is 2. The topological polar surface area (TPSA) is 35.0 Å². The number of hydrogen-bond donors (Lipinski definition) is 0. The van der Waals surface area contributed by atoms with Gasteiger partial charge in [0.05, 0.1) is 7.11 Å². The van der Waals surface area contributed by atoms with Crippen molar-refractivity contribution in [2.24, 2.45) is 0 Å². The van der Waals surface area contributed by atoms with Gasteiger partial charge in [-0.05, 0) is 49.8 Å². The van der Waals surface area contributed by atoms with Crippen LogP contribution in [0.15, 0.2) is 23.9 Å². The molecule has 0 radical (unpaired) electrons. The molecule has 2 aromatic heterocycles. The zero-order valence-electron chi connectivity index (χ0n) is 11.4. The molecule has 1 fully saturated rings. The number of ether oxygens (including phenoxy) is 1. The molecule has 1 aliphatic rings. The monoisotopic (exact) mass is 254 g/mol. The molecule has 0 amide bonds. The van der Waals surface area contributed by atoms with E-state index in [-0.39, 0.29) is 0 Å². The molecule has 3 nitrogen and oxygen atoms in total. The van der Waals surface area contributed by atoms with E-state index < -0.39 is 0 Å². The number of aromatic nitrogens is 2. The molecule has 2 aromatic rings. The summed E-state index contributed by atoms with van der Waals surface area (Å²) in [4.78, 5) is 8.83. The third kappa shape index (κ3) is 2.33. The van der Waals surface area contributed by atoms with Crippen molar-refractivity contribution in [1.82, 2.24) is 9.97 Å². The fourth-order valence-corrected chi connectivity index (χ4v) is 2.66. The van der Waals surface area contributed by atoms with E-state index in [4.69, 9.17) is 4.74 Å². The number of fused-ring (bicyclic) bond motifs is 1. The molecule has 0 unspecified atom stereocenters. The Bertz CT molecular complexity index is 638. The predicted molar refractivity (Wildman–Crippen MR) is 77.3 cm³/mol. The lowest BCUT2D eigenvalue weighted by molar-refractivity contribution is 0.399. The van der Waals surface area contributed by atoms with Crippen molar-refractivity contribution in [3.05, 3.63) is 35.0 Å². The first kappa shape index (κ1) is 12.2. The number of pyridine rings is 2. The molecule has 0 saturated heterocycles. The van der Waals surface area contributed by atoms with Gasteiger partial charge in [0, 0.05) is 17.6 Å². The number of hydrogen-bond acceptors (Lipinski definition) is 3. The quantitative estimate of drug-likeness (QED) is 0.815. The van der Waals surface area contributed by atoms with Crippen molar-refractivity contribution in [2.45, 2.75) is 32.6 Å². The molecule has 3 heteroatoms. The van der Waals surface area contributed by atoms with E-state index in [0.29, 0.717) is 5.88 Å². The summed E-state index contributed by atoms with van der Waals surface area (Å²) in [6.07, 6.45) is 9.35. The fraction of sp³-hybridized carbons (Fsp3) is 0.375. The Morgan fingerprint density at radius 2 is 2.00 bits per heavy atom. The smallest absolute Gasteiger partial charge is 0.215 e. The first-order valence-corrected chi connectivity index (χ1v) is 6.78. The Morgan fingerprint density at radius 3 is 2.74 bits per heavy atom. The average molecular weight is 254 g/mol. The Kier molecular flexibility index (Phi) is 3.20. The van der Waals surface area contributed by atoms with E-state index in [1.165, 1.54) is 36.8 Å². The first-order chi connectivity index (χ1) is 9.28. The molecule has 0 spiro atoms. The molecular formula is C16H18N2O.